The van der Waals surface area contributed by atoms with Crippen LogP contribution in [0.15, 0.2) is 66.7 Å². The summed E-state index contributed by atoms with van der Waals surface area (Å²) in [4.78, 5) is 14.4. The minimum atomic E-state index is -0.147. The van der Waals surface area contributed by atoms with Gasteiger partial charge in [-0.05, 0) is 41.5 Å². The number of nitrogens with zero attached hydrogens (tertiary/aromatic N) is 5. The summed E-state index contributed by atoms with van der Waals surface area (Å²) < 4.78 is 1.75. The lowest BCUT2D eigenvalue weighted by Crippen LogP contribution is -2.42. The van der Waals surface area contributed by atoms with Crippen molar-refractivity contribution in [2.45, 2.75) is 25.9 Å². The monoisotopic (exact) mass is 374 g/mol. The van der Waals surface area contributed by atoms with Crippen molar-refractivity contribution in [2.24, 2.45) is 0 Å². The van der Waals surface area contributed by atoms with Crippen LogP contribution in [-0.2, 0) is 4.79 Å². The van der Waals surface area contributed by atoms with E-state index in [4.69, 9.17) is 0 Å². The highest BCUT2D eigenvalue weighted by Crippen LogP contribution is 2.35. The molecule has 2 aromatic carbocycles. The van der Waals surface area contributed by atoms with Crippen LogP contribution >= 0.6 is 0 Å². The van der Waals surface area contributed by atoms with Crippen molar-refractivity contribution < 1.29 is 4.79 Å². The molecule has 4 rings (SSSR count). The first kappa shape index (κ1) is 17.9. The van der Waals surface area contributed by atoms with Crippen molar-refractivity contribution in [3.63, 3.8) is 0 Å². The Morgan fingerprint density at radius 1 is 1.07 bits per heavy atom. The van der Waals surface area contributed by atoms with E-state index >= 15 is 0 Å². The van der Waals surface area contributed by atoms with E-state index in [1.54, 1.807) is 4.68 Å². The maximum absolute atomic E-state index is 12.5. The molecule has 0 unspecified atom stereocenters. The van der Waals surface area contributed by atoms with Crippen LogP contribution in [0, 0.1) is 0 Å². The van der Waals surface area contributed by atoms with Gasteiger partial charge in [-0.15, -0.1) is 0 Å². The first-order valence-electron chi connectivity index (χ1n) is 9.30. The summed E-state index contributed by atoms with van der Waals surface area (Å²) in [5, 5.41) is 15.3. The number of tetrazole rings is 1. The van der Waals surface area contributed by atoms with Gasteiger partial charge in [0.1, 0.15) is 12.6 Å². The first-order valence-corrected chi connectivity index (χ1v) is 9.30. The third-order valence-electron chi connectivity index (χ3n) is 4.55. The minimum absolute atomic E-state index is 0.0644. The molecule has 0 fully saturated rings. The lowest BCUT2D eigenvalue weighted by molar-refractivity contribution is -0.120. The van der Waals surface area contributed by atoms with Crippen LogP contribution in [0.3, 0.4) is 0 Å². The fourth-order valence-corrected chi connectivity index (χ4v) is 3.38. The van der Waals surface area contributed by atoms with E-state index in [2.05, 4.69) is 39.1 Å². The van der Waals surface area contributed by atoms with Crippen molar-refractivity contribution >= 4 is 17.6 Å². The molecule has 0 radical (unpaired) electrons. The molecule has 0 aliphatic carbocycles. The van der Waals surface area contributed by atoms with Gasteiger partial charge in [-0.1, -0.05) is 65.8 Å². The summed E-state index contributed by atoms with van der Waals surface area (Å²) in [6, 6.07) is 20.0. The SMILES string of the molecule is CC(C)NC(=O)CN1C(c2ccccc2)=C[C@@H](c2ccccc2)n2nnnc21. The maximum Gasteiger partial charge on any atom is 0.251 e. The van der Waals surface area contributed by atoms with Crippen LogP contribution in [0.5, 0.6) is 0 Å². The molecule has 3 aromatic rings. The van der Waals surface area contributed by atoms with Gasteiger partial charge in [-0.3, -0.25) is 9.69 Å². The van der Waals surface area contributed by atoms with E-state index in [1.807, 2.05) is 67.3 Å². The molecular weight excluding hydrogens is 352 g/mol. The number of allylic oxidation sites excluding steroid dienone is 1. The lowest BCUT2D eigenvalue weighted by atomic mass is 10.0. The van der Waals surface area contributed by atoms with Gasteiger partial charge in [0, 0.05) is 6.04 Å². The number of carbonyl (C=O) groups excluding carboxylic acids is 1. The third-order valence-corrected chi connectivity index (χ3v) is 4.55. The molecule has 0 bridgehead atoms. The number of hydrogen-bond donors (Lipinski definition) is 1. The second-order valence-electron chi connectivity index (χ2n) is 7.01. The van der Waals surface area contributed by atoms with Gasteiger partial charge in [0.2, 0.25) is 5.91 Å². The minimum Gasteiger partial charge on any atom is -0.352 e. The normalized spacial score (nSPS) is 15.9. The number of nitrogens with one attached hydrogen (secondary N) is 1. The van der Waals surface area contributed by atoms with E-state index in [0.29, 0.717) is 5.95 Å². The zero-order chi connectivity index (χ0) is 19.5. The highest BCUT2D eigenvalue weighted by atomic mass is 16.2. The third kappa shape index (κ3) is 3.51. The molecule has 0 saturated heterocycles. The fraction of sp³-hybridized carbons (Fsp3) is 0.238. The smallest absolute Gasteiger partial charge is 0.251 e. The maximum atomic E-state index is 12.5. The van der Waals surface area contributed by atoms with E-state index in [-0.39, 0.29) is 24.5 Å². The molecule has 7 nitrogen and oxygen atoms in total. The van der Waals surface area contributed by atoms with Crippen molar-refractivity contribution in [3.05, 3.63) is 77.9 Å². The van der Waals surface area contributed by atoms with Crippen LogP contribution < -0.4 is 10.2 Å². The Labute approximate surface area is 163 Å². The number of aromatic nitrogens is 4. The highest BCUT2D eigenvalue weighted by Gasteiger charge is 2.31. The molecule has 0 spiro atoms. The van der Waals surface area contributed by atoms with Crippen LogP contribution in [0.1, 0.15) is 31.0 Å². The predicted octanol–water partition coefficient (Wildman–Crippen LogP) is 2.65. The zero-order valence-corrected chi connectivity index (χ0v) is 15.9. The quantitative estimate of drug-likeness (QED) is 0.743. The van der Waals surface area contributed by atoms with Crippen molar-refractivity contribution in [1.82, 2.24) is 25.5 Å². The topological polar surface area (TPSA) is 75.9 Å². The Balaban J connectivity index is 1.80. The van der Waals surface area contributed by atoms with Crippen LogP contribution in [0.2, 0.25) is 0 Å². The van der Waals surface area contributed by atoms with Crippen LogP contribution in [0.25, 0.3) is 5.70 Å². The standard InChI is InChI=1S/C21H22N6O/c1-15(2)22-20(28)14-26-18(16-9-5-3-6-10-16)13-19(17-11-7-4-8-12-17)27-21(26)23-24-25-27/h3-13,15,19H,14H2,1-2H3,(H,22,28)/t19-/m0/s1. The Hall–Kier alpha value is -3.48. The molecule has 1 aliphatic heterocycles. The summed E-state index contributed by atoms with van der Waals surface area (Å²) in [5.74, 6) is 0.471. The zero-order valence-electron chi connectivity index (χ0n) is 15.9. The van der Waals surface area contributed by atoms with E-state index in [1.165, 1.54) is 0 Å². The Morgan fingerprint density at radius 3 is 2.43 bits per heavy atom. The lowest BCUT2D eigenvalue weighted by Gasteiger charge is -2.32. The van der Waals surface area contributed by atoms with Gasteiger partial charge < -0.3 is 5.32 Å². The molecule has 0 saturated carbocycles. The highest BCUT2D eigenvalue weighted by molar-refractivity contribution is 5.89. The molecule has 1 atom stereocenters. The second-order valence-corrected chi connectivity index (χ2v) is 7.01. The number of carbonyl (C=O) groups is 1. The summed E-state index contributed by atoms with van der Waals surface area (Å²) in [5.41, 5.74) is 3.00. The summed E-state index contributed by atoms with van der Waals surface area (Å²) in [6.45, 7) is 4.02. The number of amides is 1. The number of hydrogen-bond acceptors (Lipinski definition) is 5. The van der Waals surface area contributed by atoms with Gasteiger partial charge in [0.15, 0.2) is 0 Å². The molecular formula is C21H22N6O. The number of benzene rings is 2. The van der Waals surface area contributed by atoms with Crippen LogP contribution in [0.4, 0.5) is 5.95 Å². The molecule has 142 valence electrons. The first-order chi connectivity index (χ1) is 13.6. The predicted molar refractivity (Wildman–Crippen MR) is 107 cm³/mol. The van der Waals surface area contributed by atoms with Crippen molar-refractivity contribution in [2.75, 3.05) is 11.4 Å². The largest absolute Gasteiger partial charge is 0.352 e. The van der Waals surface area contributed by atoms with E-state index in [9.17, 15) is 4.79 Å². The van der Waals surface area contributed by atoms with Crippen LogP contribution in [-0.4, -0.2) is 38.7 Å². The van der Waals surface area contributed by atoms with Crippen molar-refractivity contribution in [1.29, 1.82) is 0 Å². The number of rotatable bonds is 5. The molecule has 7 heteroatoms. The number of anilines is 1. The fourth-order valence-electron chi connectivity index (χ4n) is 3.38. The Kier molecular flexibility index (Phi) is 4.89. The van der Waals surface area contributed by atoms with Gasteiger partial charge in [0.05, 0.1) is 5.70 Å². The average Bonchev–Trinajstić information content (AvgIpc) is 3.19. The van der Waals surface area contributed by atoms with Gasteiger partial charge >= 0.3 is 0 Å². The Morgan fingerprint density at radius 2 is 1.75 bits per heavy atom. The summed E-state index contributed by atoms with van der Waals surface area (Å²) in [6.07, 6.45) is 2.11. The van der Waals surface area contributed by atoms with Gasteiger partial charge in [0.25, 0.3) is 5.95 Å². The molecule has 2 heterocycles. The molecule has 1 aliphatic rings. The molecule has 28 heavy (non-hydrogen) atoms. The molecule has 1 amide bonds. The second kappa shape index (κ2) is 7.64. The van der Waals surface area contributed by atoms with Gasteiger partial charge in [-0.2, -0.15) is 4.68 Å². The Bertz CT molecular complexity index is 980. The molecule has 1 aromatic heterocycles. The summed E-state index contributed by atoms with van der Waals surface area (Å²) in [7, 11) is 0. The average molecular weight is 374 g/mol. The summed E-state index contributed by atoms with van der Waals surface area (Å²) >= 11 is 0. The van der Waals surface area contributed by atoms with E-state index in [0.717, 1.165) is 16.8 Å². The van der Waals surface area contributed by atoms with Crippen molar-refractivity contribution in [3.8, 4) is 0 Å². The number of fused-ring (bicyclic) bond motifs is 1. The molecule has 1 N–H and O–H groups in total. The van der Waals surface area contributed by atoms with Gasteiger partial charge in [-0.25, -0.2) is 0 Å². The van der Waals surface area contributed by atoms with E-state index < -0.39 is 0 Å².